The molecule has 1 aromatic carbocycles. The van der Waals surface area contributed by atoms with Crippen LogP contribution in [0.15, 0.2) is 24.3 Å². The van der Waals surface area contributed by atoms with Gasteiger partial charge in [-0.3, -0.25) is 9.69 Å². The Labute approximate surface area is 126 Å². The Morgan fingerprint density at radius 2 is 1.86 bits per heavy atom. The number of nitrogens with one attached hydrogen (secondary N) is 1. The number of ether oxygens (including phenoxy) is 2. The lowest BCUT2D eigenvalue weighted by Gasteiger charge is -2.49. The molecule has 5 nitrogen and oxygen atoms in total. The van der Waals surface area contributed by atoms with E-state index in [1.807, 2.05) is 0 Å². The molecule has 122 valence electrons. The monoisotopic (exact) mass is 318 g/mol. The molecule has 0 aromatic heterocycles. The Hall–Kier alpha value is -1.80. The fourth-order valence-electron chi connectivity index (χ4n) is 2.29. The average molecular weight is 318 g/mol. The number of alkyl halides is 3. The van der Waals surface area contributed by atoms with Crippen LogP contribution in [0.25, 0.3) is 0 Å². The van der Waals surface area contributed by atoms with Crippen molar-refractivity contribution in [2.45, 2.75) is 11.8 Å². The van der Waals surface area contributed by atoms with E-state index in [-0.39, 0.29) is 25.5 Å². The van der Waals surface area contributed by atoms with Gasteiger partial charge in [-0.2, -0.15) is 13.2 Å². The van der Waals surface area contributed by atoms with Gasteiger partial charge in [0.05, 0.1) is 13.7 Å². The van der Waals surface area contributed by atoms with Crippen molar-refractivity contribution in [2.75, 3.05) is 39.2 Å². The molecule has 0 unspecified atom stereocenters. The normalized spacial score (nSPS) is 17.7. The number of methoxy groups -OCH3 is 2. The highest BCUT2D eigenvalue weighted by atomic mass is 19.4. The number of carbonyl (C=O) groups excluding carboxylic acids is 1. The van der Waals surface area contributed by atoms with E-state index in [9.17, 15) is 18.0 Å². The molecule has 1 N–H and O–H groups in total. The molecule has 1 heterocycles. The van der Waals surface area contributed by atoms with E-state index in [2.05, 4.69) is 10.1 Å². The number of benzene rings is 1. The second-order valence-corrected chi connectivity index (χ2v) is 5.12. The van der Waals surface area contributed by atoms with Gasteiger partial charge in [0.15, 0.2) is 5.60 Å². The molecule has 8 heteroatoms. The van der Waals surface area contributed by atoms with E-state index in [1.54, 1.807) is 24.3 Å². The van der Waals surface area contributed by atoms with Crippen LogP contribution in [0, 0.1) is 0 Å². The van der Waals surface area contributed by atoms with Crippen LogP contribution in [0.2, 0.25) is 0 Å². The molecule has 0 spiro atoms. The molecular formula is C14H17F3N2O3. The standard InChI is InChI=1S/C14H17F3N2O3/c1-21-11-5-3-10(4-6-11)18-12(20)7-19-8-13(9-19,22-2)14(15,16)17/h3-6H,7-9H2,1-2H3,(H,18,20). The van der Waals surface area contributed by atoms with Crippen molar-refractivity contribution in [1.29, 1.82) is 0 Å². The fourth-order valence-corrected chi connectivity index (χ4v) is 2.29. The first-order valence-corrected chi connectivity index (χ1v) is 6.58. The Kier molecular flexibility index (Phi) is 4.62. The van der Waals surface area contributed by atoms with Crippen LogP contribution >= 0.6 is 0 Å². The van der Waals surface area contributed by atoms with E-state index in [0.29, 0.717) is 11.4 Å². The zero-order valence-corrected chi connectivity index (χ0v) is 12.2. The molecule has 1 saturated heterocycles. The smallest absolute Gasteiger partial charge is 0.419 e. The first-order valence-electron chi connectivity index (χ1n) is 6.58. The van der Waals surface area contributed by atoms with Gasteiger partial charge < -0.3 is 14.8 Å². The number of likely N-dealkylation sites (tertiary alicyclic amines) is 1. The third kappa shape index (κ3) is 3.33. The van der Waals surface area contributed by atoms with Crippen molar-refractivity contribution in [3.63, 3.8) is 0 Å². The van der Waals surface area contributed by atoms with Gasteiger partial charge in [-0.25, -0.2) is 0 Å². The van der Waals surface area contributed by atoms with Crippen molar-refractivity contribution >= 4 is 11.6 Å². The lowest BCUT2D eigenvalue weighted by molar-refractivity contribution is -0.309. The second kappa shape index (κ2) is 6.13. The molecule has 1 aliphatic heterocycles. The van der Waals surface area contributed by atoms with Gasteiger partial charge in [-0.05, 0) is 24.3 Å². The van der Waals surface area contributed by atoms with Gasteiger partial charge in [-0.15, -0.1) is 0 Å². The predicted octanol–water partition coefficient (Wildman–Crippen LogP) is 1.90. The van der Waals surface area contributed by atoms with Crippen LogP contribution in [0.1, 0.15) is 0 Å². The first kappa shape index (κ1) is 16.6. The van der Waals surface area contributed by atoms with Crippen LogP contribution < -0.4 is 10.1 Å². The maximum atomic E-state index is 12.8. The maximum Gasteiger partial charge on any atom is 0.419 e. The Balaban J connectivity index is 1.84. The lowest BCUT2D eigenvalue weighted by atomic mass is 9.93. The average Bonchev–Trinajstić information content (AvgIpc) is 2.41. The molecule has 0 bridgehead atoms. The van der Waals surface area contributed by atoms with E-state index in [4.69, 9.17) is 4.74 Å². The first-order chi connectivity index (χ1) is 10.3. The highest BCUT2D eigenvalue weighted by molar-refractivity contribution is 5.92. The van der Waals surface area contributed by atoms with Crippen molar-refractivity contribution in [2.24, 2.45) is 0 Å². The topological polar surface area (TPSA) is 50.8 Å². The molecule has 0 radical (unpaired) electrons. The van der Waals surface area contributed by atoms with Crippen molar-refractivity contribution in [3.05, 3.63) is 24.3 Å². The molecule has 1 aromatic rings. The van der Waals surface area contributed by atoms with Gasteiger partial charge in [-0.1, -0.05) is 0 Å². The fraction of sp³-hybridized carbons (Fsp3) is 0.500. The minimum atomic E-state index is -4.44. The minimum Gasteiger partial charge on any atom is -0.497 e. The summed E-state index contributed by atoms with van der Waals surface area (Å²) in [6, 6.07) is 6.67. The number of hydrogen-bond donors (Lipinski definition) is 1. The van der Waals surface area contributed by atoms with Crippen LogP contribution in [0.3, 0.4) is 0 Å². The van der Waals surface area contributed by atoms with Gasteiger partial charge in [0.25, 0.3) is 0 Å². The third-order valence-electron chi connectivity index (χ3n) is 3.61. The summed E-state index contributed by atoms with van der Waals surface area (Å²) in [5, 5.41) is 2.62. The summed E-state index contributed by atoms with van der Waals surface area (Å²) >= 11 is 0. The Bertz CT molecular complexity index is 525. The third-order valence-corrected chi connectivity index (χ3v) is 3.61. The number of halogens is 3. The van der Waals surface area contributed by atoms with E-state index in [1.165, 1.54) is 12.0 Å². The summed E-state index contributed by atoms with van der Waals surface area (Å²) in [5.74, 6) is 0.271. The van der Waals surface area contributed by atoms with Crippen molar-refractivity contribution < 1.29 is 27.4 Å². The number of rotatable bonds is 5. The molecule has 0 atom stereocenters. The van der Waals surface area contributed by atoms with Gasteiger partial charge >= 0.3 is 6.18 Å². The van der Waals surface area contributed by atoms with Gasteiger partial charge in [0.2, 0.25) is 5.91 Å². The molecule has 22 heavy (non-hydrogen) atoms. The SMILES string of the molecule is COc1ccc(NC(=O)CN2CC(OC)(C(F)(F)F)C2)cc1. The number of hydrogen-bond acceptors (Lipinski definition) is 4. The predicted molar refractivity (Wildman–Crippen MR) is 73.9 cm³/mol. The zero-order chi connectivity index (χ0) is 16.4. The molecule has 0 saturated carbocycles. The summed E-state index contributed by atoms with van der Waals surface area (Å²) in [7, 11) is 2.56. The molecule has 1 amide bonds. The highest BCUT2D eigenvalue weighted by Gasteiger charge is 2.62. The summed E-state index contributed by atoms with van der Waals surface area (Å²) < 4.78 is 48.0. The summed E-state index contributed by atoms with van der Waals surface area (Å²) in [5.41, 5.74) is -1.60. The van der Waals surface area contributed by atoms with Crippen molar-refractivity contribution in [1.82, 2.24) is 4.90 Å². The largest absolute Gasteiger partial charge is 0.497 e. The zero-order valence-electron chi connectivity index (χ0n) is 12.2. The number of nitrogens with zero attached hydrogens (tertiary/aromatic N) is 1. The second-order valence-electron chi connectivity index (χ2n) is 5.12. The number of carbonyl (C=O) groups is 1. The Morgan fingerprint density at radius 1 is 1.27 bits per heavy atom. The number of anilines is 1. The summed E-state index contributed by atoms with van der Waals surface area (Å²) in [6.07, 6.45) is -4.44. The van der Waals surface area contributed by atoms with E-state index >= 15 is 0 Å². The van der Waals surface area contributed by atoms with Crippen LogP contribution in [0.5, 0.6) is 5.75 Å². The van der Waals surface area contributed by atoms with Gasteiger partial charge in [0.1, 0.15) is 5.75 Å². The molecule has 0 aliphatic carbocycles. The lowest BCUT2D eigenvalue weighted by Crippen LogP contribution is -2.70. The van der Waals surface area contributed by atoms with Crippen molar-refractivity contribution in [3.8, 4) is 5.75 Å². The molecular weight excluding hydrogens is 301 g/mol. The van der Waals surface area contributed by atoms with Crippen LogP contribution in [0.4, 0.5) is 18.9 Å². The number of amides is 1. The summed E-state index contributed by atoms with van der Waals surface area (Å²) in [6.45, 7) is -0.806. The van der Waals surface area contributed by atoms with Gasteiger partial charge in [0, 0.05) is 25.9 Å². The minimum absolute atomic E-state index is 0.118. The maximum absolute atomic E-state index is 12.8. The quantitative estimate of drug-likeness (QED) is 0.901. The summed E-state index contributed by atoms with van der Waals surface area (Å²) in [4.78, 5) is 13.2. The highest BCUT2D eigenvalue weighted by Crippen LogP contribution is 2.40. The van der Waals surface area contributed by atoms with Crippen LogP contribution in [-0.2, 0) is 9.53 Å². The van der Waals surface area contributed by atoms with E-state index < -0.39 is 11.8 Å². The molecule has 1 fully saturated rings. The van der Waals surface area contributed by atoms with E-state index in [0.717, 1.165) is 7.11 Å². The molecule has 2 rings (SSSR count). The molecule has 1 aliphatic rings. The Morgan fingerprint density at radius 3 is 2.32 bits per heavy atom. The van der Waals surface area contributed by atoms with Crippen LogP contribution in [-0.4, -0.2) is 56.4 Å².